The number of methoxy groups -OCH3 is 1. The molecular weight excluding hydrogens is 380 g/mol. The lowest BCUT2D eigenvalue weighted by Gasteiger charge is -2.42. The van der Waals surface area contributed by atoms with E-state index in [4.69, 9.17) is 9.47 Å². The number of hydrogen-bond donors (Lipinski definition) is 1. The molecule has 1 aliphatic heterocycles. The number of aryl methyl sites for hydroxylation is 1. The van der Waals surface area contributed by atoms with Crippen LogP contribution in [0.25, 0.3) is 0 Å². The zero-order chi connectivity index (χ0) is 20.3. The molecule has 1 amide bonds. The van der Waals surface area contributed by atoms with Crippen LogP contribution >= 0.6 is 0 Å². The van der Waals surface area contributed by atoms with Crippen molar-refractivity contribution in [3.63, 3.8) is 0 Å². The molecule has 8 heteroatoms. The van der Waals surface area contributed by atoms with Gasteiger partial charge in [-0.25, -0.2) is 17.9 Å². The van der Waals surface area contributed by atoms with Crippen LogP contribution in [0.1, 0.15) is 42.7 Å². The van der Waals surface area contributed by atoms with E-state index in [1.807, 2.05) is 0 Å². The van der Waals surface area contributed by atoms with E-state index >= 15 is 0 Å². The number of amides is 1. The lowest BCUT2D eigenvalue weighted by molar-refractivity contribution is -0.0471. The van der Waals surface area contributed by atoms with Gasteiger partial charge in [-0.05, 0) is 44.1 Å². The molecule has 1 aromatic carbocycles. The van der Waals surface area contributed by atoms with Gasteiger partial charge in [-0.15, -0.1) is 0 Å². The summed E-state index contributed by atoms with van der Waals surface area (Å²) in [6.45, 7) is 2.92. The normalized spacial score (nSPS) is 27.9. The average molecular weight is 411 g/mol. The number of nitrogens with zero attached hydrogens (tertiary/aromatic N) is 1. The fourth-order valence-corrected chi connectivity index (χ4v) is 4.89. The SMILES string of the molecule is COC(=O)N1CCC[C@H](NS(C)(=O)=O)[C@@H]1COC1CC(c2ccc(C)cc2)C1. The Bertz CT molecular complexity index is 774. The fraction of sp³-hybridized carbons (Fsp3) is 0.650. The van der Waals surface area contributed by atoms with Crippen molar-refractivity contribution in [3.05, 3.63) is 35.4 Å². The van der Waals surface area contributed by atoms with Crippen LogP contribution in [0.3, 0.4) is 0 Å². The Kier molecular flexibility index (Phi) is 6.62. The number of ether oxygens (including phenoxy) is 2. The third-order valence-corrected chi connectivity index (χ3v) is 6.43. The summed E-state index contributed by atoms with van der Waals surface area (Å²) < 4.78 is 37.1. The first-order valence-electron chi connectivity index (χ1n) is 9.77. The van der Waals surface area contributed by atoms with Gasteiger partial charge in [0.2, 0.25) is 10.0 Å². The van der Waals surface area contributed by atoms with Crippen LogP contribution in [0.4, 0.5) is 4.79 Å². The molecule has 0 spiro atoms. The van der Waals surface area contributed by atoms with Crippen LogP contribution in [0.2, 0.25) is 0 Å². The second-order valence-corrected chi connectivity index (χ2v) is 9.68. The lowest BCUT2D eigenvalue weighted by atomic mass is 9.77. The summed E-state index contributed by atoms with van der Waals surface area (Å²) in [4.78, 5) is 13.7. The highest BCUT2D eigenvalue weighted by molar-refractivity contribution is 7.88. The molecule has 0 aromatic heterocycles. The summed E-state index contributed by atoms with van der Waals surface area (Å²) in [6, 6.07) is 7.86. The van der Waals surface area contributed by atoms with Crippen LogP contribution in [-0.2, 0) is 19.5 Å². The predicted octanol–water partition coefficient (Wildman–Crippen LogP) is 2.41. The number of likely N-dealkylation sites (tertiary alicyclic amines) is 1. The van der Waals surface area contributed by atoms with Crippen molar-refractivity contribution in [1.29, 1.82) is 0 Å². The molecule has 7 nitrogen and oxygen atoms in total. The monoisotopic (exact) mass is 410 g/mol. The van der Waals surface area contributed by atoms with Gasteiger partial charge in [0.1, 0.15) is 0 Å². The molecule has 1 heterocycles. The number of carbonyl (C=O) groups is 1. The summed E-state index contributed by atoms with van der Waals surface area (Å²) in [6.07, 6.45) is 4.10. The number of sulfonamides is 1. The summed E-state index contributed by atoms with van der Waals surface area (Å²) >= 11 is 0. The zero-order valence-corrected chi connectivity index (χ0v) is 17.6. The topological polar surface area (TPSA) is 84.9 Å². The number of benzene rings is 1. The molecule has 156 valence electrons. The second kappa shape index (κ2) is 8.80. The van der Waals surface area contributed by atoms with Crippen molar-refractivity contribution in [2.24, 2.45) is 0 Å². The first-order valence-corrected chi connectivity index (χ1v) is 11.7. The second-order valence-electron chi connectivity index (χ2n) is 7.90. The van der Waals surface area contributed by atoms with Gasteiger partial charge < -0.3 is 14.4 Å². The van der Waals surface area contributed by atoms with E-state index in [0.717, 1.165) is 25.5 Å². The molecule has 0 bridgehead atoms. The number of hydrogen-bond acceptors (Lipinski definition) is 5. The van der Waals surface area contributed by atoms with Crippen molar-refractivity contribution >= 4 is 16.1 Å². The first kappa shape index (κ1) is 21.1. The Hall–Kier alpha value is -1.64. The van der Waals surface area contributed by atoms with Crippen LogP contribution in [-0.4, -0.2) is 64.1 Å². The molecule has 1 saturated heterocycles. The molecule has 1 saturated carbocycles. The minimum Gasteiger partial charge on any atom is -0.453 e. The summed E-state index contributed by atoms with van der Waals surface area (Å²) in [5.41, 5.74) is 2.58. The van der Waals surface area contributed by atoms with Crippen molar-refractivity contribution in [2.45, 2.75) is 56.7 Å². The van der Waals surface area contributed by atoms with Gasteiger partial charge >= 0.3 is 6.09 Å². The average Bonchev–Trinajstić information content (AvgIpc) is 2.60. The van der Waals surface area contributed by atoms with Gasteiger partial charge in [-0.3, -0.25) is 0 Å². The Balaban J connectivity index is 1.58. The van der Waals surface area contributed by atoms with E-state index in [2.05, 4.69) is 35.9 Å². The molecule has 2 fully saturated rings. The molecule has 1 N–H and O–H groups in total. The quantitative estimate of drug-likeness (QED) is 0.778. The molecule has 2 aliphatic rings. The Labute approximate surface area is 167 Å². The molecule has 3 rings (SSSR count). The highest BCUT2D eigenvalue weighted by Crippen LogP contribution is 2.39. The number of nitrogens with one attached hydrogen (secondary N) is 1. The predicted molar refractivity (Wildman–Crippen MR) is 107 cm³/mol. The maximum Gasteiger partial charge on any atom is 0.409 e. The standard InChI is InChI=1S/C20H30N2O5S/c1-14-6-8-15(9-7-14)16-11-17(12-16)27-13-19-18(21-28(3,24)25)5-4-10-22(19)20(23)26-2/h6-9,16-19,21H,4-5,10-13H2,1-3H3/t16?,17?,18-,19-/m0/s1. The first-order chi connectivity index (χ1) is 13.3. The van der Waals surface area contributed by atoms with Crippen molar-refractivity contribution in [2.75, 3.05) is 26.5 Å². The molecule has 0 radical (unpaired) electrons. The number of piperidine rings is 1. The molecule has 1 aliphatic carbocycles. The summed E-state index contributed by atoms with van der Waals surface area (Å²) in [5.74, 6) is 0.499. The van der Waals surface area contributed by atoms with E-state index in [0.29, 0.717) is 25.5 Å². The van der Waals surface area contributed by atoms with Crippen molar-refractivity contribution < 1.29 is 22.7 Å². The van der Waals surface area contributed by atoms with Crippen molar-refractivity contribution in [1.82, 2.24) is 9.62 Å². The van der Waals surface area contributed by atoms with E-state index in [9.17, 15) is 13.2 Å². The molecule has 2 atom stereocenters. The highest BCUT2D eigenvalue weighted by atomic mass is 32.2. The maximum absolute atomic E-state index is 12.2. The number of carbonyl (C=O) groups excluding carboxylic acids is 1. The fourth-order valence-electron chi connectivity index (χ4n) is 4.07. The Morgan fingerprint density at radius 3 is 2.54 bits per heavy atom. The van der Waals surface area contributed by atoms with Crippen LogP contribution < -0.4 is 4.72 Å². The third kappa shape index (κ3) is 5.24. The maximum atomic E-state index is 12.2. The van der Waals surface area contributed by atoms with Gasteiger partial charge in [0, 0.05) is 12.6 Å². The Morgan fingerprint density at radius 1 is 1.25 bits per heavy atom. The summed E-state index contributed by atoms with van der Waals surface area (Å²) in [5, 5.41) is 0. The molecule has 28 heavy (non-hydrogen) atoms. The zero-order valence-electron chi connectivity index (χ0n) is 16.8. The minimum absolute atomic E-state index is 0.131. The van der Waals surface area contributed by atoms with Gasteiger partial charge in [0.25, 0.3) is 0 Å². The van der Waals surface area contributed by atoms with Crippen LogP contribution in [0.15, 0.2) is 24.3 Å². The van der Waals surface area contributed by atoms with Crippen LogP contribution in [0.5, 0.6) is 0 Å². The van der Waals surface area contributed by atoms with Gasteiger partial charge in [-0.1, -0.05) is 29.8 Å². The van der Waals surface area contributed by atoms with Gasteiger partial charge in [-0.2, -0.15) is 0 Å². The molecule has 1 aromatic rings. The van der Waals surface area contributed by atoms with E-state index in [-0.39, 0.29) is 18.2 Å². The lowest BCUT2D eigenvalue weighted by Crippen LogP contribution is -2.59. The number of rotatable bonds is 6. The third-order valence-electron chi connectivity index (χ3n) is 5.70. The largest absolute Gasteiger partial charge is 0.453 e. The highest BCUT2D eigenvalue weighted by Gasteiger charge is 2.38. The van der Waals surface area contributed by atoms with E-state index < -0.39 is 16.1 Å². The smallest absolute Gasteiger partial charge is 0.409 e. The Morgan fingerprint density at radius 2 is 1.93 bits per heavy atom. The van der Waals surface area contributed by atoms with E-state index in [1.165, 1.54) is 18.2 Å². The van der Waals surface area contributed by atoms with Crippen LogP contribution in [0, 0.1) is 6.92 Å². The van der Waals surface area contributed by atoms with Gasteiger partial charge in [0.15, 0.2) is 0 Å². The van der Waals surface area contributed by atoms with Crippen molar-refractivity contribution in [3.8, 4) is 0 Å². The van der Waals surface area contributed by atoms with Gasteiger partial charge in [0.05, 0.1) is 32.1 Å². The van der Waals surface area contributed by atoms with E-state index in [1.54, 1.807) is 4.90 Å². The summed E-state index contributed by atoms with van der Waals surface area (Å²) in [7, 11) is -2.04. The molecule has 0 unspecified atom stereocenters. The minimum atomic E-state index is -3.38. The molecular formula is C20H30N2O5S.